The van der Waals surface area contributed by atoms with E-state index in [1.54, 1.807) is 0 Å². The molecule has 2 unspecified atom stereocenters. The van der Waals surface area contributed by atoms with E-state index in [4.69, 9.17) is 0 Å². The van der Waals surface area contributed by atoms with Crippen LogP contribution in [0.4, 0.5) is 0 Å². The fraction of sp³-hybridized carbons (Fsp3) is 1.00. The zero-order chi connectivity index (χ0) is 13.1. The lowest BCUT2D eigenvalue weighted by Crippen LogP contribution is -2.33. The molecule has 0 nitrogen and oxygen atoms in total. The standard InChI is InChI=1S/C15H33B/c1-11(2)13(5)16(10-15(7,8)9)14(6)12(3)4/h11-14H,10H2,1-9H3. The highest BCUT2D eigenvalue weighted by Gasteiger charge is 2.34. The third-order valence-electron chi connectivity index (χ3n) is 4.30. The van der Waals surface area contributed by atoms with Gasteiger partial charge in [0.15, 0.2) is 0 Å². The predicted octanol–water partition coefficient (Wildman–Crippen LogP) is 5.62. The third-order valence-corrected chi connectivity index (χ3v) is 4.30. The van der Waals surface area contributed by atoms with E-state index in [0.717, 1.165) is 30.2 Å². The van der Waals surface area contributed by atoms with Crippen LogP contribution in [0.15, 0.2) is 0 Å². The van der Waals surface area contributed by atoms with Gasteiger partial charge in [0.2, 0.25) is 0 Å². The smallest absolute Gasteiger partial charge is 0.0688 e. The molecule has 16 heavy (non-hydrogen) atoms. The van der Waals surface area contributed by atoms with Gasteiger partial charge in [0, 0.05) is 0 Å². The molecule has 0 aliphatic rings. The Morgan fingerprint density at radius 3 is 1.25 bits per heavy atom. The van der Waals surface area contributed by atoms with E-state index in [1.165, 1.54) is 6.32 Å². The van der Waals surface area contributed by atoms with Gasteiger partial charge in [-0.3, -0.25) is 0 Å². The number of rotatable bonds is 5. The summed E-state index contributed by atoms with van der Waals surface area (Å²) in [4.78, 5) is 0. The second-order valence-electron chi connectivity index (χ2n) is 7.63. The van der Waals surface area contributed by atoms with Crippen LogP contribution in [-0.2, 0) is 0 Å². The maximum Gasteiger partial charge on any atom is 0.146 e. The summed E-state index contributed by atoms with van der Waals surface area (Å²) in [6.07, 6.45) is 1.35. The van der Waals surface area contributed by atoms with Crippen LogP contribution in [-0.4, -0.2) is 6.71 Å². The molecule has 96 valence electrons. The maximum absolute atomic E-state index is 2.44. The topological polar surface area (TPSA) is 0 Å². The van der Waals surface area contributed by atoms with E-state index in [0.29, 0.717) is 5.41 Å². The Bertz CT molecular complexity index is 174. The molecule has 1 heteroatoms. The molecule has 0 fully saturated rings. The first kappa shape index (κ1) is 16.1. The van der Waals surface area contributed by atoms with Gasteiger partial charge in [0.1, 0.15) is 6.71 Å². The summed E-state index contributed by atoms with van der Waals surface area (Å²) < 4.78 is 0. The largest absolute Gasteiger partial charge is 0.146 e. The van der Waals surface area contributed by atoms with Crippen molar-refractivity contribution >= 4 is 6.71 Å². The SMILES string of the molecule is CC(C)C(C)B(CC(C)(C)C)C(C)C(C)C. The maximum atomic E-state index is 2.44. The Labute approximate surface area is 105 Å². The van der Waals surface area contributed by atoms with Crippen molar-refractivity contribution in [3.05, 3.63) is 0 Å². The molecule has 0 N–H and O–H groups in total. The molecule has 0 spiro atoms. The van der Waals surface area contributed by atoms with Crippen molar-refractivity contribution in [1.82, 2.24) is 0 Å². The van der Waals surface area contributed by atoms with Crippen LogP contribution in [0.3, 0.4) is 0 Å². The van der Waals surface area contributed by atoms with Gasteiger partial charge in [-0.1, -0.05) is 92.1 Å². The van der Waals surface area contributed by atoms with Gasteiger partial charge < -0.3 is 0 Å². The van der Waals surface area contributed by atoms with E-state index in [1.807, 2.05) is 0 Å². The fourth-order valence-corrected chi connectivity index (χ4v) is 2.55. The Morgan fingerprint density at radius 1 is 0.750 bits per heavy atom. The average molecular weight is 224 g/mol. The van der Waals surface area contributed by atoms with Crippen molar-refractivity contribution in [2.75, 3.05) is 0 Å². The molecule has 0 aliphatic heterocycles. The second kappa shape index (κ2) is 6.12. The monoisotopic (exact) mass is 224 g/mol. The van der Waals surface area contributed by atoms with Gasteiger partial charge in [0.25, 0.3) is 0 Å². The molecule has 0 bridgehead atoms. The summed E-state index contributed by atoms with van der Waals surface area (Å²) >= 11 is 0. The predicted molar refractivity (Wildman–Crippen MR) is 78.5 cm³/mol. The van der Waals surface area contributed by atoms with Crippen molar-refractivity contribution in [3.8, 4) is 0 Å². The zero-order valence-electron chi connectivity index (χ0n) is 13.1. The lowest BCUT2D eigenvalue weighted by Gasteiger charge is -2.35. The van der Waals surface area contributed by atoms with Crippen LogP contribution in [0.2, 0.25) is 18.0 Å². The third kappa shape index (κ3) is 5.41. The van der Waals surface area contributed by atoms with Gasteiger partial charge >= 0.3 is 0 Å². The summed E-state index contributed by atoms with van der Waals surface area (Å²) in [6, 6.07) is 0. The molecule has 0 saturated heterocycles. The summed E-state index contributed by atoms with van der Waals surface area (Å²) in [6.45, 7) is 22.3. The molecular weight excluding hydrogens is 191 g/mol. The molecular formula is C15H33B. The molecule has 0 aliphatic carbocycles. The first-order chi connectivity index (χ1) is 7.06. The lowest BCUT2D eigenvalue weighted by atomic mass is 9.28. The second-order valence-corrected chi connectivity index (χ2v) is 7.63. The van der Waals surface area contributed by atoms with Crippen molar-refractivity contribution in [2.24, 2.45) is 17.3 Å². The summed E-state index contributed by atoms with van der Waals surface area (Å²) in [5.41, 5.74) is 0.455. The van der Waals surface area contributed by atoms with E-state index in [-0.39, 0.29) is 0 Å². The Balaban J connectivity index is 4.76. The lowest BCUT2D eigenvalue weighted by molar-refractivity contribution is 0.446. The summed E-state index contributed by atoms with van der Waals surface area (Å²) in [7, 11) is 0. The van der Waals surface area contributed by atoms with Crippen molar-refractivity contribution in [1.29, 1.82) is 0 Å². The van der Waals surface area contributed by atoms with Crippen LogP contribution in [0, 0.1) is 17.3 Å². The minimum atomic E-state index is 0.455. The fourth-order valence-electron chi connectivity index (χ4n) is 2.55. The highest BCUT2D eigenvalue weighted by molar-refractivity contribution is 6.62. The van der Waals surface area contributed by atoms with Crippen LogP contribution < -0.4 is 0 Å². The summed E-state index contributed by atoms with van der Waals surface area (Å²) in [5.74, 6) is 3.26. The molecule has 2 atom stereocenters. The normalized spacial score (nSPS) is 16.7. The Hall–Kier alpha value is 0.0649. The van der Waals surface area contributed by atoms with E-state index in [2.05, 4.69) is 62.3 Å². The zero-order valence-corrected chi connectivity index (χ0v) is 13.1. The molecule has 0 amide bonds. The van der Waals surface area contributed by atoms with Gasteiger partial charge in [-0.05, 0) is 5.41 Å². The first-order valence-corrected chi connectivity index (χ1v) is 7.06. The minimum Gasteiger partial charge on any atom is -0.0688 e. The highest BCUT2D eigenvalue weighted by Crippen LogP contribution is 2.39. The summed E-state index contributed by atoms with van der Waals surface area (Å²) in [5, 5.41) is 0. The van der Waals surface area contributed by atoms with Gasteiger partial charge in [-0.2, -0.15) is 0 Å². The van der Waals surface area contributed by atoms with E-state index >= 15 is 0 Å². The molecule has 0 heterocycles. The minimum absolute atomic E-state index is 0.455. The molecule has 0 aromatic carbocycles. The van der Waals surface area contributed by atoms with Crippen molar-refractivity contribution in [3.63, 3.8) is 0 Å². The quantitative estimate of drug-likeness (QED) is 0.531. The highest BCUT2D eigenvalue weighted by atomic mass is 14.2. The molecule has 0 saturated carbocycles. The Morgan fingerprint density at radius 2 is 1.06 bits per heavy atom. The number of hydrogen-bond donors (Lipinski definition) is 0. The van der Waals surface area contributed by atoms with Crippen molar-refractivity contribution in [2.45, 2.75) is 80.3 Å². The first-order valence-electron chi connectivity index (χ1n) is 7.06. The average Bonchev–Trinajstić information content (AvgIpc) is 2.10. The molecule has 0 aromatic heterocycles. The molecule has 0 rings (SSSR count). The van der Waals surface area contributed by atoms with Crippen LogP contribution in [0.1, 0.15) is 62.3 Å². The molecule has 0 aromatic rings. The van der Waals surface area contributed by atoms with Gasteiger partial charge in [0.05, 0.1) is 0 Å². The van der Waals surface area contributed by atoms with Gasteiger partial charge in [-0.15, -0.1) is 0 Å². The number of hydrogen-bond acceptors (Lipinski definition) is 0. The van der Waals surface area contributed by atoms with Crippen molar-refractivity contribution < 1.29 is 0 Å². The van der Waals surface area contributed by atoms with Crippen LogP contribution >= 0.6 is 0 Å². The molecule has 0 radical (unpaired) electrons. The van der Waals surface area contributed by atoms with E-state index < -0.39 is 0 Å². The van der Waals surface area contributed by atoms with E-state index in [9.17, 15) is 0 Å². The van der Waals surface area contributed by atoms with Gasteiger partial charge in [-0.25, -0.2) is 0 Å². The Kier molecular flexibility index (Phi) is 6.15. The van der Waals surface area contributed by atoms with Crippen LogP contribution in [0.5, 0.6) is 0 Å². The van der Waals surface area contributed by atoms with Crippen LogP contribution in [0.25, 0.3) is 0 Å².